The van der Waals surface area contributed by atoms with Crippen molar-refractivity contribution in [3.05, 3.63) is 45.8 Å². The SMILES string of the molecule is CCc1sc(C(=O)Nc2ccccn2)cc1C. The van der Waals surface area contributed by atoms with Gasteiger partial charge in [0.25, 0.3) is 5.91 Å². The third-order valence-corrected chi connectivity index (χ3v) is 3.85. The van der Waals surface area contributed by atoms with Gasteiger partial charge in [-0.2, -0.15) is 0 Å². The van der Waals surface area contributed by atoms with Gasteiger partial charge in [0.15, 0.2) is 0 Å². The molecule has 0 unspecified atom stereocenters. The molecule has 0 aromatic carbocycles. The van der Waals surface area contributed by atoms with Crippen LogP contribution in [0.15, 0.2) is 30.5 Å². The molecular weight excluding hydrogens is 232 g/mol. The fourth-order valence-corrected chi connectivity index (χ4v) is 2.61. The molecule has 17 heavy (non-hydrogen) atoms. The third kappa shape index (κ3) is 2.71. The van der Waals surface area contributed by atoms with Crippen molar-refractivity contribution in [2.24, 2.45) is 0 Å². The van der Waals surface area contributed by atoms with Crippen molar-refractivity contribution in [1.82, 2.24) is 4.98 Å². The van der Waals surface area contributed by atoms with Crippen molar-refractivity contribution in [3.8, 4) is 0 Å². The van der Waals surface area contributed by atoms with Crippen molar-refractivity contribution < 1.29 is 4.79 Å². The molecular formula is C13H14N2OS. The number of nitrogens with one attached hydrogen (secondary N) is 1. The number of aryl methyl sites for hydroxylation is 2. The molecule has 0 saturated carbocycles. The molecule has 88 valence electrons. The van der Waals surface area contributed by atoms with E-state index in [-0.39, 0.29) is 5.91 Å². The van der Waals surface area contributed by atoms with Crippen LogP contribution in [0.25, 0.3) is 0 Å². The lowest BCUT2D eigenvalue weighted by atomic mass is 10.2. The highest BCUT2D eigenvalue weighted by Crippen LogP contribution is 2.22. The average Bonchev–Trinajstić information content (AvgIpc) is 2.72. The zero-order valence-electron chi connectivity index (χ0n) is 9.86. The van der Waals surface area contributed by atoms with Crippen LogP contribution in [-0.4, -0.2) is 10.9 Å². The molecule has 0 bridgehead atoms. The number of hydrogen-bond acceptors (Lipinski definition) is 3. The van der Waals surface area contributed by atoms with Crippen molar-refractivity contribution >= 4 is 23.1 Å². The first kappa shape index (κ1) is 11.8. The number of nitrogens with zero attached hydrogens (tertiary/aromatic N) is 1. The maximum Gasteiger partial charge on any atom is 0.266 e. The van der Waals surface area contributed by atoms with Crippen LogP contribution in [0.1, 0.15) is 27.0 Å². The molecule has 2 rings (SSSR count). The minimum absolute atomic E-state index is 0.0866. The normalized spacial score (nSPS) is 10.2. The van der Waals surface area contributed by atoms with Gasteiger partial charge in [-0.05, 0) is 37.1 Å². The summed E-state index contributed by atoms with van der Waals surface area (Å²) in [5.74, 6) is 0.498. The van der Waals surface area contributed by atoms with E-state index in [1.807, 2.05) is 25.1 Å². The topological polar surface area (TPSA) is 42.0 Å². The van der Waals surface area contributed by atoms with Gasteiger partial charge in [-0.15, -0.1) is 11.3 Å². The Morgan fingerprint density at radius 2 is 2.29 bits per heavy atom. The van der Waals surface area contributed by atoms with Gasteiger partial charge in [-0.25, -0.2) is 4.98 Å². The van der Waals surface area contributed by atoms with Crippen molar-refractivity contribution in [3.63, 3.8) is 0 Å². The zero-order chi connectivity index (χ0) is 12.3. The highest BCUT2D eigenvalue weighted by Gasteiger charge is 2.11. The van der Waals surface area contributed by atoms with Crippen molar-refractivity contribution in [1.29, 1.82) is 0 Å². The van der Waals surface area contributed by atoms with E-state index >= 15 is 0 Å². The van der Waals surface area contributed by atoms with E-state index in [0.717, 1.165) is 11.3 Å². The molecule has 0 atom stereocenters. The first-order valence-electron chi connectivity index (χ1n) is 5.52. The van der Waals surface area contributed by atoms with Crippen LogP contribution >= 0.6 is 11.3 Å². The smallest absolute Gasteiger partial charge is 0.266 e. The molecule has 2 aromatic rings. The number of carbonyl (C=O) groups excluding carboxylic acids is 1. The van der Waals surface area contributed by atoms with E-state index in [0.29, 0.717) is 5.82 Å². The molecule has 4 heteroatoms. The van der Waals surface area contributed by atoms with Gasteiger partial charge in [-0.1, -0.05) is 13.0 Å². The van der Waals surface area contributed by atoms with Crippen molar-refractivity contribution in [2.45, 2.75) is 20.3 Å². The molecule has 2 aromatic heterocycles. The van der Waals surface area contributed by atoms with Gasteiger partial charge < -0.3 is 5.32 Å². The summed E-state index contributed by atoms with van der Waals surface area (Å²) in [6.07, 6.45) is 2.63. The monoisotopic (exact) mass is 246 g/mol. The van der Waals surface area contributed by atoms with E-state index < -0.39 is 0 Å². The Kier molecular flexibility index (Phi) is 3.54. The Balaban J connectivity index is 2.15. The lowest BCUT2D eigenvalue weighted by Gasteiger charge is -2.00. The van der Waals surface area contributed by atoms with Crippen LogP contribution in [0, 0.1) is 6.92 Å². The summed E-state index contributed by atoms with van der Waals surface area (Å²) >= 11 is 1.55. The molecule has 3 nitrogen and oxygen atoms in total. The molecule has 0 radical (unpaired) electrons. The van der Waals surface area contributed by atoms with Crippen LogP contribution in [0.3, 0.4) is 0 Å². The highest BCUT2D eigenvalue weighted by atomic mass is 32.1. The van der Waals surface area contributed by atoms with Gasteiger partial charge in [-0.3, -0.25) is 4.79 Å². The summed E-state index contributed by atoms with van der Waals surface area (Å²) in [7, 11) is 0. The molecule has 2 heterocycles. The number of anilines is 1. The number of hydrogen-bond donors (Lipinski definition) is 1. The van der Waals surface area contributed by atoms with Gasteiger partial charge in [0.05, 0.1) is 4.88 Å². The summed E-state index contributed by atoms with van der Waals surface area (Å²) in [6, 6.07) is 7.38. The van der Waals surface area contributed by atoms with Crippen LogP contribution in [0.4, 0.5) is 5.82 Å². The van der Waals surface area contributed by atoms with Crippen LogP contribution in [0.2, 0.25) is 0 Å². The highest BCUT2D eigenvalue weighted by molar-refractivity contribution is 7.14. The summed E-state index contributed by atoms with van der Waals surface area (Å²) in [5.41, 5.74) is 1.18. The summed E-state index contributed by atoms with van der Waals surface area (Å²) < 4.78 is 0. The first-order chi connectivity index (χ1) is 8.20. The maximum atomic E-state index is 12.0. The number of carbonyl (C=O) groups is 1. The fourth-order valence-electron chi connectivity index (χ4n) is 1.60. The van der Waals surface area contributed by atoms with Gasteiger partial charge in [0.1, 0.15) is 5.82 Å². The molecule has 0 fully saturated rings. The Morgan fingerprint density at radius 3 is 2.88 bits per heavy atom. The summed E-state index contributed by atoms with van der Waals surface area (Å²) in [5, 5.41) is 2.78. The molecule has 0 aliphatic rings. The number of amides is 1. The molecule has 0 spiro atoms. The molecule has 0 aliphatic carbocycles. The third-order valence-electron chi connectivity index (χ3n) is 2.47. The largest absolute Gasteiger partial charge is 0.306 e. The first-order valence-corrected chi connectivity index (χ1v) is 6.34. The molecule has 1 N–H and O–H groups in total. The van der Waals surface area contributed by atoms with Gasteiger partial charge in [0, 0.05) is 11.1 Å². The Labute approximate surface area is 105 Å². The Hall–Kier alpha value is -1.68. The van der Waals surface area contributed by atoms with E-state index in [1.54, 1.807) is 23.6 Å². The van der Waals surface area contributed by atoms with E-state index in [4.69, 9.17) is 0 Å². The summed E-state index contributed by atoms with van der Waals surface area (Å²) in [6.45, 7) is 4.13. The Bertz CT molecular complexity index is 519. The minimum atomic E-state index is -0.0866. The minimum Gasteiger partial charge on any atom is -0.306 e. The second kappa shape index (κ2) is 5.10. The zero-order valence-corrected chi connectivity index (χ0v) is 10.7. The maximum absolute atomic E-state index is 12.0. The second-order valence-electron chi connectivity index (χ2n) is 3.74. The molecule has 0 saturated heterocycles. The van der Waals surface area contributed by atoms with E-state index in [2.05, 4.69) is 17.2 Å². The Morgan fingerprint density at radius 1 is 1.47 bits per heavy atom. The molecule has 1 amide bonds. The van der Waals surface area contributed by atoms with Crippen LogP contribution in [-0.2, 0) is 6.42 Å². The van der Waals surface area contributed by atoms with Crippen LogP contribution in [0.5, 0.6) is 0 Å². The predicted molar refractivity (Wildman–Crippen MR) is 70.6 cm³/mol. The molecule has 0 aliphatic heterocycles. The second-order valence-corrected chi connectivity index (χ2v) is 4.88. The lowest BCUT2D eigenvalue weighted by molar-refractivity contribution is 0.103. The number of rotatable bonds is 3. The van der Waals surface area contributed by atoms with Gasteiger partial charge in [0.2, 0.25) is 0 Å². The van der Waals surface area contributed by atoms with Crippen molar-refractivity contribution in [2.75, 3.05) is 5.32 Å². The fraction of sp³-hybridized carbons (Fsp3) is 0.231. The average molecular weight is 246 g/mol. The van der Waals surface area contributed by atoms with E-state index in [9.17, 15) is 4.79 Å². The number of aromatic nitrogens is 1. The van der Waals surface area contributed by atoms with E-state index in [1.165, 1.54) is 10.4 Å². The van der Waals surface area contributed by atoms with Gasteiger partial charge >= 0.3 is 0 Å². The van der Waals surface area contributed by atoms with Crippen LogP contribution < -0.4 is 5.32 Å². The predicted octanol–water partition coefficient (Wildman–Crippen LogP) is 3.27. The number of thiophene rings is 1. The lowest BCUT2D eigenvalue weighted by Crippen LogP contribution is -2.10. The number of pyridine rings is 1. The summed E-state index contributed by atoms with van der Waals surface area (Å²) in [4.78, 5) is 18.0. The quantitative estimate of drug-likeness (QED) is 0.903. The standard InChI is InChI=1S/C13H14N2OS/c1-3-10-9(2)8-11(17-10)13(16)15-12-6-4-5-7-14-12/h4-8H,3H2,1-2H3,(H,14,15,16).